The van der Waals surface area contributed by atoms with Crippen LogP contribution in [0.1, 0.15) is 31.6 Å². The molecule has 1 aromatic heterocycles. The summed E-state index contributed by atoms with van der Waals surface area (Å²) in [4.78, 5) is 11.0. The van der Waals surface area contributed by atoms with Crippen LogP contribution in [0, 0.1) is 0 Å². The minimum absolute atomic E-state index is 0.0934. The summed E-state index contributed by atoms with van der Waals surface area (Å²) in [5.74, 6) is 0.0934. The number of hydrogen-bond acceptors (Lipinski definition) is 4. The molecule has 0 bridgehead atoms. The van der Waals surface area contributed by atoms with Gasteiger partial charge in [0.1, 0.15) is 5.69 Å². The average molecular weight is 210 g/mol. The van der Waals surface area contributed by atoms with Crippen LogP contribution in [0.2, 0.25) is 0 Å². The highest BCUT2D eigenvalue weighted by Crippen LogP contribution is 2.10. The van der Waals surface area contributed by atoms with E-state index in [9.17, 15) is 9.90 Å². The van der Waals surface area contributed by atoms with Gasteiger partial charge in [0.25, 0.3) is 0 Å². The number of aromatic nitrogens is 3. The summed E-state index contributed by atoms with van der Waals surface area (Å²) in [5, 5.41) is 19.8. The SMILES string of the molecule is CC(O)c1cn(CC2CCC(=O)N2)nn1. The fourth-order valence-corrected chi connectivity index (χ4v) is 1.63. The monoisotopic (exact) mass is 210 g/mol. The van der Waals surface area contributed by atoms with Gasteiger partial charge in [0.05, 0.1) is 18.8 Å². The third kappa shape index (κ3) is 2.33. The largest absolute Gasteiger partial charge is 0.387 e. The van der Waals surface area contributed by atoms with Gasteiger partial charge in [-0.15, -0.1) is 5.10 Å². The summed E-state index contributed by atoms with van der Waals surface area (Å²) in [6.07, 6.45) is 2.53. The Morgan fingerprint density at radius 3 is 3.13 bits per heavy atom. The Hall–Kier alpha value is -1.43. The first-order valence-electron chi connectivity index (χ1n) is 5.02. The smallest absolute Gasteiger partial charge is 0.220 e. The highest BCUT2D eigenvalue weighted by Gasteiger charge is 2.21. The van der Waals surface area contributed by atoms with E-state index in [0.717, 1.165) is 6.42 Å². The predicted molar refractivity (Wildman–Crippen MR) is 51.8 cm³/mol. The lowest BCUT2D eigenvalue weighted by molar-refractivity contribution is -0.119. The Kier molecular flexibility index (Phi) is 2.68. The Morgan fingerprint density at radius 2 is 2.60 bits per heavy atom. The van der Waals surface area contributed by atoms with E-state index in [-0.39, 0.29) is 11.9 Å². The second-order valence-electron chi connectivity index (χ2n) is 3.84. The van der Waals surface area contributed by atoms with Crippen molar-refractivity contribution in [2.24, 2.45) is 0 Å². The Bertz CT molecular complexity index is 361. The van der Waals surface area contributed by atoms with E-state index >= 15 is 0 Å². The molecule has 0 radical (unpaired) electrons. The number of aliphatic hydroxyl groups excluding tert-OH is 1. The first-order chi connectivity index (χ1) is 7.15. The summed E-state index contributed by atoms with van der Waals surface area (Å²) < 4.78 is 1.65. The summed E-state index contributed by atoms with van der Waals surface area (Å²) >= 11 is 0. The van der Waals surface area contributed by atoms with Crippen molar-refractivity contribution in [2.45, 2.75) is 38.5 Å². The van der Waals surface area contributed by atoms with Crippen LogP contribution in [0.5, 0.6) is 0 Å². The number of hydrogen-bond donors (Lipinski definition) is 2. The van der Waals surface area contributed by atoms with Crippen LogP contribution in [0.25, 0.3) is 0 Å². The van der Waals surface area contributed by atoms with Crippen molar-refractivity contribution in [3.05, 3.63) is 11.9 Å². The number of aliphatic hydroxyl groups is 1. The summed E-state index contributed by atoms with van der Waals surface area (Å²) in [5.41, 5.74) is 0.555. The van der Waals surface area contributed by atoms with E-state index in [1.807, 2.05) is 0 Å². The van der Waals surface area contributed by atoms with Gasteiger partial charge >= 0.3 is 0 Å². The van der Waals surface area contributed by atoms with Crippen molar-refractivity contribution in [3.8, 4) is 0 Å². The number of nitrogens with zero attached hydrogens (tertiary/aromatic N) is 3. The molecular weight excluding hydrogens is 196 g/mol. The molecule has 0 saturated carbocycles. The molecular formula is C9H14N4O2. The van der Waals surface area contributed by atoms with E-state index < -0.39 is 6.10 Å². The number of carbonyl (C=O) groups excluding carboxylic acids is 1. The Morgan fingerprint density at radius 1 is 1.80 bits per heavy atom. The third-order valence-corrected chi connectivity index (χ3v) is 2.48. The molecule has 2 heterocycles. The topological polar surface area (TPSA) is 80.0 Å². The summed E-state index contributed by atoms with van der Waals surface area (Å²) in [6, 6.07) is 0.140. The van der Waals surface area contributed by atoms with E-state index in [0.29, 0.717) is 18.7 Å². The van der Waals surface area contributed by atoms with E-state index in [2.05, 4.69) is 15.6 Å². The van der Waals surface area contributed by atoms with Crippen LogP contribution in [0.3, 0.4) is 0 Å². The zero-order chi connectivity index (χ0) is 10.8. The molecule has 6 heteroatoms. The molecule has 2 N–H and O–H groups in total. The molecule has 1 aliphatic heterocycles. The third-order valence-electron chi connectivity index (χ3n) is 2.48. The van der Waals surface area contributed by atoms with Crippen molar-refractivity contribution >= 4 is 5.91 Å². The number of rotatable bonds is 3. The van der Waals surface area contributed by atoms with Crippen molar-refractivity contribution < 1.29 is 9.90 Å². The van der Waals surface area contributed by atoms with E-state index in [1.165, 1.54) is 0 Å². The minimum atomic E-state index is -0.600. The van der Waals surface area contributed by atoms with Gasteiger partial charge in [0.2, 0.25) is 5.91 Å². The maximum atomic E-state index is 11.0. The van der Waals surface area contributed by atoms with Crippen LogP contribution in [-0.4, -0.2) is 32.0 Å². The Labute approximate surface area is 87.3 Å². The molecule has 0 aromatic carbocycles. The molecule has 1 fully saturated rings. The molecule has 15 heavy (non-hydrogen) atoms. The molecule has 2 rings (SSSR count). The lowest BCUT2D eigenvalue weighted by atomic mass is 10.2. The average Bonchev–Trinajstić information content (AvgIpc) is 2.76. The van der Waals surface area contributed by atoms with Crippen LogP contribution in [0.4, 0.5) is 0 Å². The highest BCUT2D eigenvalue weighted by molar-refractivity contribution is 5.78. The molecule has 1 aromatic rings. The van der Waals surface area contributed by atoms with Gasteiger partial charge in [0.15, 0.2) is 0 Å². The molecule has 0 spiro atoms. The molecule has 1 aliphatic rings. The zero-order valence-electron chi connectivity index (χ0n) is 8.55. The van der Waals surface area contributed by atoms with Gasteiger partial charge in [-0.1, -0.05) is 5.21 Å². The number of carbonyl (C=O) groups is 1. The highest BCUT2D eigenvalue weighted by atomic mass is 16.3. The van der Waals surface area contributed by atoms with Crippen LogP contribution < -0.4 is 5.32 Å². The van der Waals surface area contributed by atoms with Crippen LogP contribution in [-0.2, 0) is 11.3 Å². The lowest BCUT2D eigenvalue weighted by Gasteiger charge is -2.08. The quantitative estimate of drug-likeness (QED) is 0.712. The lowest BCUT2D eigenvalue weighted by Crippen LogP contribution is -2.29. The van der Waals surface area contributed by atoms with Gasteiger partial charge in [-0.25, -0.2) is 0 Å². The normalized spacial score (nSPS) is 22.8. The molecule has 6 nitrogen and oxygen atoms in total. The maximum Gasteiger partial charge on any atom is 0.220 e. The van der Waals surface area contributed by atoms with Crippen LogP contribution >= 0.6 is 0 Å². The van der Waals surface area contributed by atoms with Crippen molar-refractivity contribution in [2.75, 3.05) is 0 Å². The second kappa shape index (κ2) is 3.98. The van der Waals surface area contributed by atoms with E-state index in [1.54, 1.807) is 17.8 Å². The van der Waals surface area contributed by atoms with Gasteiger partial charge in [-0.2, -0.15) is 0 Å². The first-order valence-corrected chi connectivity index (χ1v) is 5.02. The zero-order valence-corrected chi connectivity index (χ0v) is 8.55. The predicted octanol–water partition coefficient (Wildman–Crippen LogP) is -0.390. The molecule has 2 unspecified atom stereocenters. The number of amides is 1. The van der Waals surface area contributed by atoms with Crippen LogP contribution in [0.15, 0.2) is 6.20 Å². The van der Waals surface area contributed by atoms with Gasteiger partial charge in [-0.3, -0.25) is 9.48 Å². The molecule has 1 amide bonds. The first kappa shape index (κ1) is 10.1. The molecule has 1 saturated heterocycles. The van der Waals surface area contributed by atoms with Gasteiger partial charge < -0.3 is 10.4 Å². The fourth-order valence-electron chi connectivity index (χ4n) is 1.63. The summed E-state index contributed by atoms with van der Waals surface area (Å²) in [7, 11) is 0. The van der Waals surface area contributed by atoms with Crippen molar-refractivity contribution in [1.29, 1.82) is 0 Å². The minimum Gasteiger partial charge on any atom is -0.387 e. The number of nitrogens with one attached hydrogen (secondary N) is 1. The van der Waals surface area contributed by atoms with Crippen molar-refractivity contribution in [3.63, 3.8) is 0 Å². The fraction of sp³-hybridized carbons (Fsp3) is 0.667. The second-order valence-corrected chi connectivity index (χ2v) is 3.84. The molecule has 0 aliphatic carbocycles. The van der Waals surface area contributed by atoms with Crippen molar-refractivity contribution in [1.82, 2.24) is 20.3 Å². The standard InChI is InChI=1S/C9H14N4O2/c1-6(14)8-5-13(12-11-8)4-7-2-3-9(15)10-7/h5-7,14H,2-4H2,1H3,(H,10,15). The summed E-state index contributed by atoms with van der Waals surface area (Å²) in [6.45, 7) is 2.26. The molecule has 2 atom stereocenters. The Balaban J connectivity index is 1.96. The van der Waals surface area contributed by atoms with E-state index in [4.69, 9.17) is 0 Å². The van der Waals surface area contributed by atoms with Gasteiger partial charge in [-0.05, 0) is 13.3 Å². The molecule has 82 valence electrons. The van der Waals surface area contributed by atoms with Gasteiger partial charge in [0, 0.05) is 12.5 Å². The maximum absolute atomic E-state index is 11.0.